The van der Waals surface area contributed by atoms with E-state index in [1.54, 1.807) is 18.5 Å². The van der Waals surface area contributed by atoms with Crippen molar-refractivity contribution in [2.75, 3.05) is 13.1 Å². The van der Waals surface area contributed by atoms with Crippen LogP contribution in [-0.2, 0) is 24.3 Å². The van der Waals surface area contributed by atoms with Gasteiger partial charge in [-0.25, -0.2) is 4.79 Å². The third kappa shape index (κ3) is 6.07. The molecule has 10 nitrogen and oxygen atoms in total. The number of carboxylic acid groups (broad SMARTS) is 1. The van der Waals surface area contributed by atoms with Crippen molar-refractivity contribution in [2.24, 2.45) is 10.9 Å². The van der Waals surface area contributed by atoms with Gasteiger partial charge in [0, 0.05) is 37.5 Å². The van der Waals surface area contributed by atoms with E-state index < -0.39 is 17.9 Å². The fourth-order valence-electron chi connectivity index (χ4n) is 5.56. The molecule has 0 radical (unpaired) electrons. The number of aliphatic carboxylic acids is 1. The Balaban J connectivity index is 1.27. The number of amides is 1. The highest BCUT2D eigenvalue weighted by Crippen LogP contribution is 2.35. The summed E-state index contributed by atoms with van der Waals surface area (Å²) in [5, 5.41) is 32.9. The molecule has 4 N–H and O–H groups in total. The van der Waals surface area contributed by atoms with Gasteiger partial charge in [-0.2, -0.15) is 15.4 Å². The monoisotopic (exact) mass is 581 g/mol. The average Bonchev–Trinajstić information content (AvgIpc) is 3.62. The van der Waals surface area contributed by atoms with Crippen LogP contribution in [0.5, 0.6) is 0 Å². The van der Waals surface area contributed by atoms with Gasteiger partial charge >= 0.3 is 5.97 Å². The molecular weight excluding hydrogens is 553 g/mol. The Morgan fingerprint density at radius 2 is 2.08 bits per heavy atom. The lowest BCUT2D eigenvalue weighted by molar-refractivity contribution is -0.139. The third-order valence-corrected chi connectivity index (χ3v) is 8.34. The van der Waals surface area contributed by atoms with Gasteiger partial charge in [0.25, 0.3) is 5.91 Å². The predicted molar refractivity (Wildman–Crippen MR) is 152 cm³/mol. The largest absolute Gasteiger partial charge is 0.480 e. The average molecular weight is 582 g/mol. The number of carbonyl (C=O) groups excluding carboxylic acids is 1. The van der Waals surface area contributed by atoms with Gasteiger partial charge in [-0.05, 0) is 48.1 Å². The number of nitriles is 1. The number of aliphatic imine (C=N–C) groups is 1. The Morgan fingerprint density at radius 1 is 1.27 bits per heavy atom. The van der Waals surface area contributed by atoms with Gasteiger partial charge in [-0.1, -0.05) is 48.2 Å². The molecule has 2 aliphatic rings. The molecule has 0 spiro atoms. The van der Waals surface area contributed by atoms with Crippen molar-refractivity contribution < 1.29 is 14.7 Å². The number of H-pyrrole nitrogens is 1. The van der Waals surface area contributed by atoms with Crippen molar-refractivity contribution in [1.29, 1.82) is 5.26 Å². The number of aromatic amines is 1. The maximum Gasteiger partial charge on any atom is 0.328 e. The van der Waals surface area contributed by atoms with E-state index in [1.807, 2.05) is 6.07 Å². The number of carboxylic acids is 1. The number of benzene rings is 2. The zero-order chi connectivity index (χ0) is 28.2. The Morgan fingerprint density at radius 3 is 2.83 bits per heavy atom. The molecule has 2 heterocycles. The number of nitrogens with one attached hydrogen (secondary N) is 3. The number of halogens is 2. The fraction of sp³-hybridized carbons (Fsp3) is 0.393. The third-order valence-electron chi connectivity index (χ3n) is 7.63. The molecule has 0 bridgehead atoms. The molecule has 1 saturated carbocycles. The number of fused-ring (bicyclic) bond motifs is 2. The number of hydrogen-bond acceptors (Lipinski definition) is 6. The SMILES string of the molecule is N#C/N=C(\NC[C@H](NC(=O)c1c(Cl)cc2c(c1Cl)CCN(Cc1ccc3cn[nH]c3c1)C2)C(=O)O)C1CCCC1. The summed E-state index contributed by atoms with van der Waals surface area (Å²) in [6, 6.07) is 6.67. The Labute approximate surface area is 241 Å². The van der Waals surface area contributed by atoms with E-state index in [0.29, 0.717) is 18.8 Å². The minimum absolute atomic E-state index is 0.0631. The first kappa shape index (κ1) is 27.9. The van der Waals surface area contributed by atoms with Crippen LogP contribution in [0.1, 0.15) is 52.7 Å². The number of aromatic nitrogens is 2. The van der Waals surface area contributed by atoms with Crippen molar-refractivity contribution in [2.45, 2.75) is 51.2 Å². The van der Waals surface area contributed by atoms with Crippen LogP contribution in [-0.4, -0.2) is 57.0 Å². The Bertz CT molecular complexity index is 1510. The van der Waals surface area contributed by atoms with Crippen LogP contribution in [0.3, 0.4) is 0 Å². The highest BCUT2D eigenvalue weighted by atomic mass is 35.5. The highest BCUT2D eigenvalue weighted by molar-refractivity contribution is 6.40. The maximum atomic E-state index is 13.2. The summed E-state index contributed by atoms with van der Waals surface area (Å²) in [5.41, 5.74) is 3.97. The molecule has 1 aliphatic carbocycles. The van der Waals surface area contributed by atoms with Gasteiger partial charge in [0.15, 0.2) is 0 Å². The van der Waals surface area contributed by atoms with Gasteiger partial charge in [-0.3, -0.25) is 14.8 Å². The van der Waals surface area contributed by atoms with E-state index in [0.717, 1.165) is 66.4 Å². The van der Waals surface area contributed by atoms with Crippen LogP contribution in [0.4, 0.5) is 0 Å². The van der Waals surface area contributed by atoms with Gasteiger partial charge in [-0.15, -0.1) is 0 Å². The van der Waals surface area contributed by atoms with E-state index in [2.05, 4.69) is 42.9 Å². The minimum atomic E-state index is -1.27. The molecule has 3 aromatic rings. The lowest BCUT2D eigenvalue weighted by Gasteiger charge is -2.30. The second-order valence-corrected chi connectivity index (χ2v) is 11.0. The van der Waals surface area contributed by atoms with E-state index >= 15 is 0 Å². The molecule has 0 unspecified atom stereocenters. The summed E-state index contributed by atoms with van der Waals surface area (Å²) in [4.78, 5) is 31.3. The smallest absolute Gasteiger partial charge is 0.328 e. The molecular formula is C28H29Cl2N7O3. The molecule has 12 heteroatoms. The van der Waals surface area contributed by atoms with Crippen molar-refractivity contribution in [3.8, 4) is 6.19 Å². The molecule has 2 aromatic carbocycles. The van der Waals surface area contributed by atoms with Crippen LogP contribution >= 0.6 is 23.2 Å². The highest BCUT2D eigenvalue weighted by Gasteiger charge is 2.29. The lowest BCUT2D eigenvalue weighted by Crippen LogP contribution is -2.49. The van der Waals surface area contributed by atoms with Crippen LogP contribution in [0.15, 0.2) is 35.5 Å². The molecule has 40 heavy (non-hydrogen) atoms. The Hall–Kier alpha value is -3.65. The minimum Gasteiger partial charge on any atom is -0.480 e. The quantitative estimate of drug-likeness (QED) is 0.176. The van der Waals surface area contributed by atoms with Gasteiger partial charge < -0.3 is 15.7 Å². The summed E-state index contributed by atoms with van der Waals surface area (Å²) in [6.45, 7) is 1.95. The summed E-state index contributed by atoms with van der Waals surface area (Å²) >= 11 is 13.3. The number of hydrogen-bond donors (Lipinski definition) is 4. The lowest BCUT2D eigenvalue weighted by atomic mass is 9.96. The standard InChI is InChI=1S/C28H29Cl2N7O3/c29-21-10-19-14-37(13-16-5-6-18-11-34-36-22(18)9-16)8-7-20(19)25(30)24(21)27(38)35-23(28(39)40)12-32-26(33-15-31)17-3-1-2-4-17/h5-6,9-11,17,23H,1-4,7-8,12-14H2,(H,32,33)(H,34,36)(H,35,38)(H,39,40)/t23-/m0/s1. The zero-order valence-electron chi connectivity index (χ0n) is 21.7. The van der Waals surface area contributed by atoms with Gasteiger partial charge in [0.05, 0.1) is 27.3 Å². The summed E-state index contributed by atoms with van der Waals surface area (Å²) < 4.78 is 0. The summed E-state index contributed by atoms with van der Waals surface area (Å²) in [7, 11) is 0. The molecule has 1 atom stereocenters. The van der Waals surface area contributed by atoms with Crippen LogP contribution < -0.4 is 10.6 Å². The molecule has 5 rings (SSSR count). The zero-order valence-corrected chi connectivity index (χ0v) is 23.2. The number of nitrogens with zero attached hydrogens (tertiary/aromatic N) is 4. The first-order valence-corrected chi connectivity index (χ1v) is 14.0. The molecule has 1 fully saturated rings. The number of carbonyl (C=O) groups is 2. The van der Waals surface area contributed by atoms with Gasteiger partial charge in [0.1, 0.15) is 11.9 Å². The van der Waals surface area contributed by atoms with Crippen molar-refractivity contribution in [1.82, 2.24) is 25.7 Å². The van der Waals surface area contributed by atoms with E-state index in [-0.39, 0.29) is 28.1 Å². The van der Waals surface area contributed by atoms with Crippen molar-refractivity contribution in [3.05, 3.63) is 62.8 Å². The molecule has 1 aliphatic heterocycles. The summed E-state index contributed by atoms with van der Waals surface area (Å²) in [5.74, 6) is -1.35. The topological polar surface area (TPSA) is 146 Å². The number of rotatable bonds is 8. The van der Waals surface area contributed by atoms with Crippen molar-refractivity contribution >= 4 is 51.8 Å². The van der Waals surface area contributed by atoms with Crippen LogP contribution in [0, 0.1) is 17.4 Å². The molecule has 1 aromatic heterocycles. The summed E-state index contributed by atoms with van der Waals surface area (Å²) in [6.07, 6.45) is 8.02. The molecule has 0 saturated heterocycles. The van der Waals surface area contributed by atoms with E-state index in [1.165, 1.54) is 0 Å². The van der Waals surface area contributed by atoms with Crippen LogP contribution in [0.25, 0.3) is 10.9 Å². The first-order chi connectivity index (χ1) is 19.3. The Kier molecular flexibility index (Phi) is 8.54. The van der Waals surface area contributed by atoms with Crippen molar-refractivity contribution in [3.63, 3.8) is 0 Å². The normalized spacial score (nSPS) is 16.9. The van der Waals surface area contributed by atoms with Gasteiger partial charge in [0.2, 0.25) is 6.19 Å². The second kappa shape index (κ2) is 12.3. The molecule has 1 amide bonds. The van der Waals surface area contributed by atoms with Crippen LogP contribution in [0.2, 0.25) is 10.0 Å². The first-order valence-electron chi connectivity index (χ1n) is 13.2. The van der Waals surface area contributed by atoms with E-state index in [9.17, 15) is 14.7 Å². The fourth-order valence-corrected chi connectivity index (χ4v) is 6.32. The molecule has 208 valence electrons. The maximum absolute atomic E-state index is 13.2. The number of amidine groups is 1. The predicted octanol–water partition coefficient (Wildman–Crippen LogP) is 4.27. The van der Waals surface area contributed by atoms with E-state index in [4.69, 9.17) is 28.5 Å². The second-order valence-electron chi connectivity index (χ2n) is 10.3.